The Morgan fingerprint density at radius 1 is 1.07 bits per heavy atom. The minimum absolute atomic E-state index is 0.743. The molecule has 2 aromatic rings. The lowest BCUT2D eigenvalue weighted by Crippen LogP contribution is -1.96. The van der Waals surface area contributed by atoms with E-state index in [4.69, 9.17) is 5.21 Å². The van der Waals surface area contributed by atoms with Gasteiger partial charge in [0.25, 0.3) is 0 Å². The fourth-order valence-corrected chi connectivity index (χ4v) is 2.17. The van der Waals surface area contributed by atoms with Crippen molar-refractivity contribution in [1.82, 2.24) is 0 Å². The third-order valence-corrected chi connectivity index (χ3v) is 2.78. The Kier molecular flexibility index (Phi) is 1.39. The van der Waals surface area contributed by atoms with Crippen LogP contribution in [0, 0.1) is 0 Å². The summed E-state index contributed by atoms with van der Waals surface area (Å²) in [6, 6.07) is 12.3. The second kappa shape index (κ2) is 2.58. The van der Waals surface area contributed by atoms with Gasteiger partial charge in [-0.1, -0.05) is 41.6 Å². The summed E-state index contributed by atoms with van der Waals surface area (Å²) in [6.07, 6.45) is 0.743. The maximum atomic E-state index is 8.88. The molecule has 2 aromatic carbocycles. The molecule has 0 saturated heterocycles. The summed E-state index contributed by atoms with van der Waals surface area (Å²) in [5.41, 5.74) is 3.10. The number of nitrogens with zero attached hydrogens (tertiary/aromatic N) is 1. The van der Waals surface area contributed by atoms with Crippen LogP contribution in [0.3, 0.4) is 0 Å². The van der Waals surface area contributed by atoms with Gasteiger partial charge in [0.15, 0.2) is 0 Å². The monoisotopic (exact) mass is 183 g/mol. The zero-order chi connectivity index (χ0) is 9.54. The molecule has 0 unspecified atom stereocenters. The first-order valence-electron chi connectivity index (χ1n) is 4.62. The molecule has 0 fully saturated rings. The van der Waals surface area contributed by atoms with Crippen LogP contribution in [0.2, 0.25) is 0 Å². The van der Waals surface area contributed by atoms with E-state index in [1.165, 1.54) is 16.3 Å². The number of hydrogen-bond acceptors (Lipinski definition) is 2. The Hall–Kier alpha value is -1.83. The Morgan fingerprint density at radius 3 is 2.64 bits per heavy atom. The minimum atomic E-state index is 0.743. The lowest BCUT2D eigenvalue weighted by molar-refractivity contribution is 0.318. The SMILES string of the molecule is O/N=C1/Cc2cccc3cccc1c23. The summed E-state index contributed by atoms with van der Waals surface area (Å²) in [5, 5.41) is 14.7. The lowest BCUT2D eigenvalue weighted by atomic mass is 10.1. The van der Waals surface area contributed by atoms with E-state index in [0.29, 0.717) is 0 Å². The van der Waals surface area contributed by atoms with E-state index in [1.54, 1.807) is 0 Å². The topological polar surface area (TPSA) is 32.6 Å². The van der Waals surface area contributed by atoms with Gasteiger partial charge in [-0.05, 0) is 16.3 Å². The summed E-state index contributed by atoms with van der Waals surface area (Å²) >= 11 is 0. The average molecular weight is 183 g/mol. The molecule has 0 aliphatic heterocycles. The highest BCUT2D eigenvalue weighted by Gasteiger charge is 2.19. The molecule has 1 aliphatic carbocycles. The first kappa shape index (κ1) is 7.56. The Bertz CT molecular complexity index is 538. The molecule has 0 amide bonds. The molecule has 0 saturated carbocycles. The predicted molar refractivity (Wildman–Crippen MR) is 56.0 cm³/mol. The smallest absolute Gasteiger partial charge is 0.0918 e. The zero-order valence-corrected chi connectivity index (χ0v) is 7.57. The van der Waals surface area contributed by atoms with E-state index < -0.39 is 0 Å². The van der Waals surface area contributed by atoms with Crippen LogP contribution in [-0.2, 0) is 6.42 Å². The second-order valence-corrected chi connectivity index (χ2v) is 3.54. The summed E-state index contributed by atoms with van der Waals surface area (Å²) in [7, 11) is 0. The van der Waals surface area contributed by atoms with Crippen LogP contribution < -0.4 is 0 Å². The van der Waals surface area contributed by atoms with Gasteiger partial charge in [0.2, 0.25) is 0 Å². The number of rotatable bonds is 0. The summed E-state index contributed by atoms with van der Waals surface area (Å²) in [6.45, 7) is 0. The Labute approximate surface area is 81.5 Å². The van der Waals surface area contributed by atoms with Crippen LogP contribution in [0.5, 0.6) is 0 Å². The van der Waals surface area contributed by atoms with Crippen LogP contribution in [-0.4, -0.2) is 10.9 Å². The first-order valence-corrected chi connectivity index (χ1v) is 4.62. The lowest BCUT2D eigenvalue weighted by Gasteiger charge is -1.99. The maximum Gasteiger partial charge on any atom is 0.0918 e. The van der Waals surface area contributed by atoms with Crippen LogP contribution in [0.15, 0.2) is 41.6 Å². The van der Waals surface area contributed by atoms with E-state index in [1.807, 2.05) is 18.2 Å². The van der Waals surface area contributed by atoms with Gasteiger partial charge >= 0.3 is 0 Å². The molecule has 1 aliphatic rings. The first-order chi connectivity index (χ1) is 6.90. The highest BCUT2D eigenvalue weighted by Crippen LogP contribution is 2.30. The molecule has 0 aromatic heterocycles. The van der Waals surface area contributed by atoms with Gasteiger partial charge in [0.05, 0.1) is 5.71 Å². The van der Waals surface area contributed by atoms with E-state index in [0.717, 1.165) is 17.7 Å². The number of oxime groups is 1. The van der Waals surface area contributed by atoms with Crippen molar-refractivity contribution in [2.24, 2.45) is 5.16 Å². The van der Waals surface area contributed by atoms with Crippen LogP contribution in [0.25, 0.3) is 10.8 Å². The van der Waals surface area contributed by atoms with Crippen molar-refractivity contribution in [2.75, 3.05) is 0 Å². The average Bonchev–Trinajstić information content (AvgIpc) is 2.60. The second-order valence-electron chi connectivity index (χ2n) is 3.54. The van der Waals surface area contributed by atoms with Crippen molar-refractivity contribution in [3.05, 3.63) is 47.5 Å². The molecular weight excluding hydrogens is 174 g/mol. The molecule has 68 valence electrons. The minimum Gasteiger partial charge on any atom is -0.411 e. The van der Waals surface area contributed by atoms with Gasteiger partial charge in [-0.25, -0.2) is 0 Å². The molecule has 0 radical (unpaired) electrons. The van der Waals surface area contributed by atoms with Crippen molar-refractivity contribution in [1.29, 1.82) is 0 Å². The van der Waals surface area contributed by atoms with Crippen molar-refractivity contribution < 1.29 is 5.21 Å². The van der Waals surface area contributed by atoms with Crippen molar-refractivity contribution >= 4 is 16.5 Å². The van der Waals surface area contributed by atoms with Gasteiger partial charge in [-0.3, -0.25) is 0 Å². The molecule has 2 nitrogen and oxygen atoms in total. The number of hydrogen-bond donors (Lipinski definition) is 1. The molecule has 14 heavy (non-hydrogen) atoms. The largest absolute Gasteiger partial charge is 0.411 e. The third kappa shape index (κ3) is 0.826. The molecule has 0 spiro atoms. The highest BCUT2D eigenvalue weighted by molar-refractivity contribution is 6.17. The van der Waals surface area contributed by atoms with Crippen LogP contribution in [0.4, 0.5) is 0 Å². The van der Waals surface area contributed by atoms with Gasteiger partial charge in [0.1, 0.15) is 0 Å². The quantitative estimate of drug-likeness (QED) is 0.494. The Balaban J connectivity index is 2.50. The molecule has 0 bridgehead atoms. The standard InChI is InChI=1S/C12H9NO/c14-13-11-7-9-5-1-3-8-4-2-6-10(11)12(8)9/h1-6,14H,7H2/b13-11-. The van der Waals surface area contributed by atoms with Gasteiger partial charge < -0.3 is 5.21 Å². The van der Waals surface area contributed by atoms with Crippen LogP contribution in [0.1, 0.15) is 11.1 Å². The van der Waals surface area contributed by atoms with Crippen molar-refractivity contribution in [3.63, 3.8) is 0 Å². The van der Waals surface area contributed by atoms with E-state index in [-0.39, 0.29) is 0 Å². The molecule has 3 rings (SSSR count). The van der Waals surface area contributed by atoms with E-state index in [9.17, 15) is 0 Å². The molecule has 2 heteroatoms. The van der Waals surface area contributed by atoms with Gasteiger partial charge in [-0.2, -0.15) is 0 Å². The third-order valence-electron chi connectivity index (χ3n) is 2.78. The summed E-state index contributed by atoms with van der Waals surface area (Å²) < 4.78 is 0. The normalized spacial score (nSPS) is 16.7. The van der Waals surface area contributed by atoms with Crippen molar-refractivity contribution in [2.45, 2.75) is 6.42 Å². The fourth-order valence-electron chi connectivity index (χ4n) is 2.17. The van der Waals surface area contributed by atoms with E-state index in [2.05, 4.69) is 23.4 Å². The van der Waals surface area contributed by atoms with Gasteiger partial charge in [0, 0.05) is 12.0 Å². The van der Waals surface area contributed by atoms with E-state index >= 15 is 0 Å². The van der Waals surface area contributed by atoms with Gasteiger partial charge in [-0.15, -0.1) is 0 Å². The highest BCUT2D eigenvalue weighted by atomic mass is 16.4. The Morgan fingerprint density at radius 2 is 1.86 bits per heavy atom. The molecule has 0 heterocycles. The zero-order valence-electron chi connectivity index (χ0n) is 7.57. The summed E-state index contributed by atoms with van der Waals surface area (Å²) in [5.74, 6) is 0. The molecular formula is C12H9NO. The fraction of sp³-hybridized carbons (Fsp3) is 0.0833. The maximum absolute atomic E-state index is 8.88. The van der Waals surface area contributed by atoms with Crippen molar-refractivity contribution in [3.8, 4) is 0 Å². The predicted octanol–water partition coefficient (Wildman–Crippen LogP) is 2.57. The number of benzene rings is 2. The van der Waals surface area contributed by atoms with Crippen LogP contribution >= 0.6 is 0 Å². The summed E-state index contributed by atoms with van der Waals surface area (Å²) in [4.78, 5) is 0. The molecule has 0 atom stereocenters. The molecule has 1 N–H and O–H groups in total.